The number of rotatable bonds is 6. The average Bonchev–Trinajstić information content (AvgIpc) is 2.85. The lowest BCUT2D eigenvalue weighted by atomic mass is 10.0. The second-order valence-electron chi connectivity index (χ2n) is 7.94. The predicted octanol–water partition coefficient (Wildman–Crippen LogP) is 4.79. The van der Waals surface area contributed by atoms with Crippen LogP contribution in [0.4, 0.5) is 0 Å². The Morgan fingerprint density at radius 2 is 1.44 bits per heavy atom. The average molecular weight is 429 g/mol. The van der Waals surface area contributed by atoms with E-state index in [-0.39, 0.29) is 17.9 Å². The molecule has 3 aromatic rings. The summed E-state index contributed by atoms with van der Waals surface area (Å²) in [5.41, 5.74) is 3.53. The number of ether oxygens (including phenoxy) is 1. The van der Waals surface area contributed by atoms with E-state index in [9.17, 15) is 9.59 Å². The van der Waals surface area contributed by atoms with Gasteiger partial charge < -0.3 is 15.0 Å². The van der Waals surface area contributed by atoms with Gasteiger partial charge in [0, 0.05) is 30.3 Å². The largest absolute Gasteiger partial charge is 0.494 e. The number of hydrogen-bond acceptors (Lipinski definition) is 3. The molecule has 0 spiro atoms. The molecule has 3 aromatic carbocycles. The third-order valence-electron chi connectivity index (χ3n) is 5.78. The highest BCUT2D eigenvalue weighted by atomic mass is 16.5. The number of benzene rings is 3. The van der Waals surface area contributed by atoms with Gasteiger partial charge in [-0.25, -0.2) is 0 Å². The van der Waals surface area contributed by atoms with Gasteiger partial charge in [-0.1, -0.05) is 42.5 Å². The van der Waals surface area contributed by atoms with Crippen LogP contribution in [-0.4, -0.2) is 42.5 Å². The molecule has 1 N–H and O–H groups in total. The summed E-state index contributed by atoms with van der Waals surface area (Å²) in [4.78, 5) is 27.3. The van der Waals surface area contributed by atoms with Gasteiger partial charge in [0.05, 0.1) is 6.61 Å². The van der Waals surface area contributed by atoms with Crippen molar-refractivity contribution in [3.63, 3.8) is 0 Å². The smallest absolute Gasteiger partial charge is 0.253 e. The molecule has 1 heterocycles. The van der Waals surface area contributed by atoms with Crippen LogP contribution in [-0.2, 0) is 0 Å². The first-order valence-electron chi connectivity index (χ1n) is 11.1. The van der Waals surface area contributed by atoms with Gasteiger partial charge in [-0.3, -0.25) is 9.59 Å². The molecule has 0 radical (unpaired) electrons. The molecule has 1 aliphatic heterocycles. The van der Waals surface area contributed by atoms with Crippen molar-refractivity contribution in [2.75, 3.05) is 19.7 Å². The molecule has 0 saturated carbocycles. The minimum Gasteiger partial charge on any atom is -0.494 e. The zero-order chi connectivity index (χ0) is 22.3. The van der Waals surface area contributed by atoms with Gasteiger partial charge in [-0.2, -0.15) is 0 Å². The molecule has 1 fully saturated rings. The molecule has 0 unspecified atom stereocenters. The lowest BCUT2D eigenvalue weighted by Gasteiger charge is -2.32. The van der Waals surface area contributed by atoms with Gasteiger partial charge >= 0.3 is 0 Å². The fourth-order valence-electron chi connectivity index (χ4n) is 3.98. The number of piperidine rings is 1. The van der Waals surface area contributed by atoms with Crippen molar-refractivity contribution in [2.24, 2.45) is 0 Å². The summed E-state index contributed by atoms with van der Waals surface area (Å²) in [7, 11) is 0. The first-order valence-corrected chi connectivity index (χ1v) is 11.1. The highest BCUT2D eigenvalue weighted by molar-refractivity contribution is 5.95. The summed E-state index contributed by atoms with van der Waals surface area (Å²) >= 11 is 0. The van der Waals surface area contributed by atoms with E-state index < -0.39 is 0 Å². The number of amides is 2. The first kappa shape index (κ1) is 21.6. The summed E-state index contributed by atoms with van der Waals surface area (Å²) in [6, 6.07) is 25.1. The number of carbonyl (C=O) groups is 2. The van der Waals surface area contributed by atoms with Gasteiger partial charge in [0.1, 0.15) is 5.75 Å². The van der Waals surface area contributed by atoms with Crippen molar-refractivity contribution in [1.82, 2.24) is 10.2 Å². The summed E-state index contributed by atoms with van der Waals surface area (Å²) < 4.78 is 5.44. The molecule has 0 aliphatic carbocycles. The SMILES string of the molecule is CCOc1ccc(C(=O)N2CCC(NC(=O)c3ccc(-c4ccccc4)cc3)CC2)cc1. The molecule has 1 aliphatic rings. The molecular formula is C27H28N2O3. The fourth-order valence-corrected chi connectivity index (χ4v) is 3.98. The highest BCUT2D eigenvalue weighted by Crippen LogP contribution is 2.20. The summed E-state index contributed by atoms with van der Waals surface area (Å²) in [6.45, 7) is 3.79. The van der Waals surface area contributed by atoms with E-state index in [0.717, 1.165) is 29.7 Å². The Bertz CT molecular complexity index is 1040. The monoisotopic (exact) mass is 428 g/mol. The maximum atomic E-state index is 12.8. The van der Waals surface area contributed by atoms with E-state index in [0.29, 0.717) is 30.8 Å². The predicted molar refractivity (Wildman–Crippen MR) is 126 cm³/mol. The summed E-state index contributed by atoms with van der Waals surface area (Å²) in [5, 5.41) is 3.12. The maximum absolute atomic E-state index is 12.8. The summed E-state index contributed by atoms with van der Waals surface area (Å²) in [6.07, 6.45) is 1.49. The van der Waals surface area contributed by atoms with Crippen molar-refractivity contribution in [2.45, 2.75) is 25.8 Å². The van der Waals surface area contributed by atoms with Crippen LogP contribution >= 0.6 is 0 Å². The molecule has 32 heavy (non-hydrogen) atoms. The maximum Gasteiger partial charge on any atom is 0.253 e. The van der Waals surface area contributed by atoms with Crippen LogP contribution in [0.3, 0.4) is 0 Å². The Balaban J connectivity index is 1.29. The third kappa shape index (κ3) is 5.17. The Morgan fingerprint density at radius 3 is 2.06 bits per heavy atom. The lowest BCUT2D eigenvalue weighted by molar-refractivity contribution is 0.0698. The van der Waals surface area contributed by atoms with Crippen molar-refractivity contribution in [3.05, 3.63) is 90.0 Å². The third-order valence-corrected chi connectivity index (χ3v) is 5.78. The summed E-state index contributed by atoms with van der Waals surface area (Å²) in [5.74, 6) is 0.720. The molecule has 2 amide bonds. The van der Waals surface area contributed by atoms with Crippen molar-refractivity contribution in [1.29, 1.82) is 0 Å². The quantitative estimate of drug-likeness (QED) is 0.614. The molecule has 5 nitrogen and oxygen atoms in total. The Kier molecular flexibility index (Phi) is 6.85. The van der Waals surface area contributed by atoms with Crippen LogP contribution in [0.25, 0.3) is 11.1 Å². The molecule has 5 heteroatoms. The molecule has 0 aromatic heterocycles. The van der Waals surface area contributed by atoms with Crippen LogP contribution in [0.15, 0.2) is 78.9 Å². The van der Waals surface area contributed by atoms with Gasteiger partial charge in [-0.05, 0) is 67.3 Å². The lowest BCUT2D eigenvalue weighted by Crippen LogP contribution is -2.46. The van der Waals surface area contributed by atoms with Crippen molar-refractivity contribution < 1.29 is 14.3 Å². The normalized spacial score (nSPS) is 14.1. The minimum atomic E-state index is -0.0686. The van der Waals surface area contributed by atoms with Crippen LogP contribution < -0.4 is 10.1 Å². The topological polar surface area (TPSA) is 58.6 Å². The number of hydrogen-bond donors (Lipinski definition) is 1. The van der Waals surface area contributed by atoms with E-state index in [1.54, 1.807) is 12.1 Å². The zero-order valence-corrected chi connectivity index (χ0v) is 18.3. The number of likely N-dealkylation sites (tertiary alicyclic amines) is 1. The van der Waals surface area contributed by atoms with Gasteiger partial charge in [0.2, 0.25) is 0 Å². The van der Waals surface area contributed by atoms with Crippen molar-refractivity contribution >= 4 is 11.8 Å². The Hall–Kier alpha value is -3.60. The van der Waals surface area contributed by atoms with Crippen LogP contribution in [0.1, 0.15) is 40.5 Å². The minimum absolute atomic E-state index is 0.0225. The van der Waals surface area contributed by atoms with E-state index >= 15 is 0 Å². The van der Waals surface area contributed by atoms with Crippen molar-refractivity contribution in [3.8, 4) is 16.9 Å². The standard InChI is InChI=1S/C27H28N2O3/c1-2-32-25-14-12-23(13-15-25)27(31)29-18-16-24(17-19-29)28-26(30)22-10-8-21(9-11-22)20-6-4-3-5-7-20/h3-15,24H,2,16-19H2,1H3,(H,28,30). The van der Waals surface area contributed by atoms with Gasteiger partial charge in [0.15, 0.2) is 0 Å². The van der Waals surface area contributed by atoms with Gasteiger partial charge in [-0.15, -0.1) is 0 Å². The van der Waals surface area contributed by atoms with Crippen LogP contribution in [0, 0.1) is 0 Å². The Labute approximate surface area is 189 Å². The van der Waals surface area contributed by atoms with E-state index in [4.69, 9.17) is 4.74 Å². The Morgan fingerprint density at radius 1 is 0.844 bits per heavy atom. The van der Waals surface area contributed by atoms with E-state index in [1.165, 1.54) is 0 Å². The van der Waals surface area contributed by atoms with Gasteiger partial charge in [0.25, 0.3) is 11.8 Å². The number of nitrogens with one attached hydrogen (secondary N) is 1. The molecular weight excluding hydrogens is 400 g/mol. The second kappa shape index (κ2) is 10.1. The molecule has 4 rings (SSSR count). The van der Waals surface area contributed by atoms with Crippen LogP contribution in [0.5, 0.6) is 5.75 Å². The molecule has 0 bridgehead atoms. The second-order valence-corrected chi connectivity index (χ2v) is 7.94. The van der Waals surface area contributed by atoms with E-state index in [2.05, 4.69) is 17.4 Å². The zero-order valence-electron chi connectivity index (χ0n) is 18.3. The molecule has 164 valence electrons. The molecule has 0 atom stereocenters. The first-order chi connectivity index (χ1) is 15.6. The number of carbonyl (C=O) groups excluding carboxylic acids is 2. The van der Waals surface area contributed by atoms with E-state index in [1.807, 2.05) is 66.4 Å². The fraction of sp³-hybridized carbons (Fsp3) is 0.259. The van der Waals surface area contributed by atoms with Crippen LogP contribution in [0.2, 0.25) is 0 Å². The number of nitrogens with zero attached hydrogens (tertiary/aromatic N) is 1. The molecule has 1 saturated heterocycles. The highest BCUT2D eigenvalue weighted by Gasteiger charge is 2.25.